The third kappa shape index (κ3) is 2.72. The van der Waals surface area contributed by atoms with Gasteiger partial charge in [0.1, 0.15) is 0 Å². The maximum Gasteiger partial charge on any atom is 0.305 e. The quantitative estimate of drug-likeness (QED) is 0.532. The molecular weight excluding hydrogens is 208 g/mol. The van der Waals surface area contributed by atoms with Crippen LogP contribution in [-0.2, 0) is 4.79 Å². The van der Waals surface area contributed by atoms with Crippen LogP contribution in [0.15, 0.2) is 0 Å². The van der Waals surface area contributed by atoms with E-state index in [9.17, 15) is 9.90 Å². The molecule has 1 fully saturated rings. The molecule has 0 bridgehead atoms. The first-order valence-corrected chi connectivity index (χ1v) is 5.52. The fourth-order valence-electron chi connectivity index (χ4n) is 1.79. The summed E-state index contributed by atoms with van der Waals surface area (Å²) in [4.78, 5) is 10.8. The van der Waals surface area contributed by atoms with Gasteiger partial charge in [0.25, 0.3) is 0 Å². The minimum atomic E-state index is -0.909. The van der Waals surface area contributed by atoms with Gasteiger partial charge in [-0.2, -0.15) is 0 Å². The lowest BCUT2D eigenvalue weighted by Crippen LogP contribution is -2.75. The van der Waals surface area contributed by atoms with Crippen LogP contribution in [-0.4, -0.2) is 46.0 Å². The number of carboxylic acids is 1. The van der Waals surface area contributed by atoms with E-state index in [0.29, 0.717) is 13.1 Å². The van der Waals surface area contributed by atoms with E-state index in [2.05, 4.69) is 10.6 Å². The minimum Gasteiger partial charge on any atom is -0.481 e. The average Bonchev–Trinajstić information content (AvgIpc) is 1.96. The summed E-state index contributed by atoms with van der Waals surface area (Å²) in [6, 6.07) is 0. The highest BCUT2D eigenvalue weighted by Gasteiger charge is 2.46. The number of rotatable bonds is 5. The Kier molecular flexibility index (Phi) is 3.34. The molecule has 1 rings (SSSR count). The number of nitrogens with one attached hydrogen (secondary N) is 2. The van der Waals surface area contributed by atoms with Crippen LogP contribution < -0.4 is 10.6 Å². The zero-order chi connectivity index (χ0) is 12.6. The molecule has 1 aliphatic heterocycles. The maximum atomic E-state index is 10.8. The summed E-state index contributed by atoms with van der Waals surface area (Å²) < 4.78 is 0. The fraction of sp³-hybridized carbons (Fsp3) is 0.909. The largest absolute Gasteiger partial charge is 0.481 e. The topological polar surface area (TPSA) is 81.6 Å². The van der Waals surface area contributed by atoms with Crippen molar-refractivity contribution >= 4 is 5.97 Å². The first-order chi connectivity index (χ1) is 7.08. The van der Waals surface area contributed by atoms with Crippen LogP contribution >= 0.6 is 0 Å². The van der Waals surface area contributed by atoms with Crippen LogP contribution in [0.1, 0.15) is 34.1 Å². The van der Waals surface area contributed by atoms with Gasteiger partial charge in [-0.15, -0.1) is 0 Å². The van der Waals surface area contributed by atoms with Crippen molar-refractivity contribution in [2.45, 2.75) is 50.8 Å². The van der Waals surface area contributed by atoms with Crippen molar-refractivity contribution in [1.82, 2.24) is 10.6 Å². The molecule has 0 aromatic heterocycles. The normalized spacial score (nSPS) is 20.3. The van der Waals surface area contributed by atoms with Crippen LogP contribution in [0.5, 0.6) is 0 Å². The van der Waals surface area contributed by atoms with Gasteiger partial charge in [-0.05, 0) is 27.7 Å². The van der Waals surface area contributed by atoms with Gasteiger partial charge in [0.15, 0.2) is 0 Å². The van der Waals surface area contributed by atoms with E-state index in [4.69, 9.17) is 5.11 Å². The van der Waals surface area contributed by atoms with E-state index in [1.807, 2.05) is 13.8 Å². The van der Waals surface area contributed by atoms with Crippen LogP contribution in [0.4, 0.5) is 0 Å². The molecule has 16 heavy (non-hydrogen) atoms. The minimum absolute atomic E-state index is 0.0690. The molecule has 1 aliphatic rings. The Bertz CT molecular complexity index is 277. The zero-order valence-corrected chi connectivity index (χ0v) is 10.4. The van der Waals surface area contributed by atoms with Gasteiger partial charge in [-0.3, -0.25) is 4.79 Å². The molecule has 0 aromatic rings. The fourth-order valence-corrected chi connectivity index (χ4v) is 1.79. The van der Waals surface area contributed by atoms with Crippen molar-refractivity contribution in [3.05, 3.63) is 0 Å². The van der Waals surface area contributed by atoms with E-state index in [-0.39, 0.29) is 6.42 Å². The first kappa shape index (κ1) is 13.4. The lowest BCUT2D eigenvalue weighted by Gasteiger charge is -2.51. The molecule has 5 heteroatoms. The van der Waals surface area contributed by atoms with Crippen molar-refractivity contribution < 1.29 is 15.0 Å². The lowest BCUT2D eigenvalue weighted by atomic mass is 9.79. The Morgan fingerprint density at radius 3 is 2.12 bits per heavy atom. The Balaban J connectivity index is 2.74. The van der Waals surface area contributed by atoms with Crippen LogP contribution in [0.25, 0.3) is 0 Å². The molecule has 0 aliphatic carbocycles. The summed E-state index contributed by atoms with van der Waals surface area (Å²) in [7, 11) is 0. The molecule has 0 atom stereocenters. The van der Waals surface area contributed by atoms with Crippen molar-refractivity contribution in [2.75, 3.05) is 13.1 Å². The Morgan fingerprint density at radius 2 is 1.88 bits per heavy atom. The Labute approximate surface area is 96.2 Å². The highest BCUT2D eigenvalue weighted by atomic mass is 16.4. The van der Waals surface area contributed by atoms with E-state index in [0.717, 1.165) is 0 Å². The number of carbonyl (C=O) groups is 1. The van der Waals surface area contributed by atoms with E-state index in [1.165, 1.54) is 0 Å². The Morgan fingerprint density at radius 1 is 1.38 bits per heavy atom. The highest BCUT2D eigenvalue weighted by Crippen LogP contribution is 2.27. The van der Waals surface area contributed by atoms with E-state index in [1.54, 1.807) is 13.8 Å². The molecule has 0 aromatic carbocycles. The first-order valence-electron chi connectivity index (χ1n) is 5.52. The summed E-state index contributed by atoms with van der Waals surface area (Å²) in [5.41, 5.74) is -1.88. The molecule has 4 N–H and O–H groups in total. The second kappa shape index (κ2) is 3.98. The number of hydrogen-bond acceptors (Lipinski definition) is 4. The van der Waals surface area contributed by atoms with Gasteiger partial charge < -0.3 is 20.8 Å². The van der Waals surface area contributed by atoms with Crippen molar-refractivity contribution in [3.8, 4) is 0 Å². The summed E-state index contributed by atoms with van der Waals surface area (Å²) in [6.07, 6.45) is 0.0690. The smallest absolute Gasteiger partial charge is 0.305 e. The van der Waals surface area contributed by atoms with Crippen molar-refractivity contribution in [2.24, 2.45) is 0 Å². The van der Waals surface area contributed by atoms with Gasteiger partial charge in [-0.25, -0.2) is 0 Å². The molecule has 5 nitrogen and oxygen atoms in total. The van der Waals surface area contributed by atoms with Gasteiger partial charge in [-0.1, -0.05) is 0 Å². The number of aliphatic carboxylic acids is 1. The van der Waals surface area contributed by atoms with Crippen LogP contribution in [0.2, 0.25) is 0 Å². The molecule has 1 saturated heterocycles. The highest BCUT2D eigenvalue weighted by molar-refractivity contribution is 5.69. The van der Waals surface area contributed by atoms with E-state index >= 15 is 0 Å². The summed E-state index contributed by atoms with van der Waals surface area (Å²) >= 11 is 0. The van der Waals surface area contributed by atoms with Crippen molar-refractivity contribution in [3.63, 3.8) is 0 Å². The van der Waals surface area contributed by atoms with Gasteiger partial charge in [0.2, 0.25) is 0 Å². The lowest BCUT2D eigenvalue weighted by molar-refractivity contribution is -0.140. The summed E-state index contributed by atoms with van der Waals surface area (Å²) in [5, 5.41) is 25.3. The summed E-state index contributed by atoms with van der Waals surface area (Å²) in [6.45, 7) is 8.46. The maximum absolute atomic E-state index is 10.8. The molecule has 0 radical (unpaired) electrons. The monoisotopic (exact) mass is 230 g/mol. The molecule has 0 saturated carbocycles. The van der Waals surface area contributed by atoms with Crippen LogP contribution in [0.3, 0.4) is 0 Å². The SMILES string of the molecule is CC(C)(O)C(C)(C)NC1(CC(=O)O)CNC1. The molecule has 94 valence electrons. The van der Waals surface area contributed by atoms with Crippen LogP contribution in [0, 0.1) is 0 Å². The molecule has 0 spiro atoms. The number of aliphatic hydroxyl groups is 1. The predicted molar refractivity (Wildman–Crippen MR) is 61.4 cm³/mol. The number of hydrogen-bond donors (Lipinski definition) is 4. The molecular formula is C11H22N2O3. The van der Waals surface area contributed by atoms with E-state index < -0.39 is 22.6 Å². The van der Waals surface area contributed by atoms with Crippen molar-refractivity contribution in [1.29, 1.82) is 0 Å². The second-order valence-corrected chi connectivity index (χ2v) is 5.76. The zero-order valence-electron chi connectivity index (χ0n) is 10.4. The number of carboxylic acid groups (broad SMARTS) is 1. The Hall–Kier alpha value is -0.650. The average molecular weight is 230 g/mol. The third-order valence-electron chi connectivity index (χ3n) is 3.52. The third-order valence-corrected chi connectivity index (χ3v) is 3.52. The predicted octanol–water partition coefficient (Wildman–Crippen LogP) is -0.0578. The standard InChI is InChI=1S/C11H22N2O3/c1-9(2,10(3,4)16)13-11(5-8(14)15)6-12-7-11/h12-13,16H,5-7H2,1-4H3,(H,14,15). The molecule has 1 heterocycles. The van der Waals surface area contributed by atoms with Gasteiger partial charge in [0, 0.05) is 18.6 Å². The molecule has 0 amide bonds. The summed E-state index contributed by atoms with van der Waals surface area (Å²) in [5.74, 6) is -0.819. The molecule has 0 unspecified atom stereocenters. The second-order valence-electron chi connectivity index (χ2n) is 5.76. The van der Waals surface area contributed by atoms with Gasteiger partial charge in [0.05, 0.1) is 17.6 Å². The van der Waals surface area contributed by atoms with Gasteiger partial charge >= 0.3 is 5.97 Å².